The second kappa shape index (κ2) is 10.3. The molecule has 3 aromatic carbocycles. The van der Waals surface area contributed by atoms with Gasteiger partial charge in [0.15, 0.2) is 5.13 Å². The van der Waals surface area contributed by atoms with Crippen LogP contribution in [0.3, 0.4) is 0 Å². The standard InChI is InChI=1S/C28H26N2O2S/c1-19-5-8-23(9-6-19)17-32-24-13-10-22(11-14-24)12-15-27(31)30-28-29-26(18-33-28)25-16-20(2)4-7-21(25)3/h4-16,18H,17H2,1-3H3,(H,29,30,31). The van der Waals surface area contributed by atoms with Crippen molar-refractivity contribution in [1.82, 2.24) is 4.98 Å². The number of nitrogens with zero attached hydrogens (tertiary/aromatic N) is 1. The van der Waals surface area contributed by atoms with Crippen molar-refractivity contribution < 1.29 is 9.53 Å². The van der Waals surface area contributed by atoms with Gasteiger partial charge in [-0.1, -0.05) is 59.7 Å². The summed E-state index contributed by atoms with van der Waals surface area (Å²) in [5, 5.41) is 5.40. The summed E-state index contributed by atoms with van der Waals surface area (Å²) in [7, 11) is 0. The molecule has 0 unspecified atom stereocenters. The lowest BCUT2D eigenvalue weighted by Crippen LogP contribution is -2.07. The van der Waals surface area contributed by atoms with Gasteiger partial charge in [-0.25, -0.2) is 4.98 Å². The number of carbonyl (C=O) groups is 1. The zero-order valence-corrected chi connectivity index (χ0v) is 19.8. The minimum Gasteiger partial charge on any atom is -0.489 e. The molecule has 1 heterocycles. The van der Waals surface area contributed by atoms with E-state index < -0.39 is 0 Å². The highest BCUT2D eigenvalue weighted by atomic mass is 32.1. The molecule has 0 spiro atoms. The van der Waals surface area contributed by atoms with Gasteiger partial charge in [0.1, 0.15) is 12.4 Å². The van der Waals surface area contributed by atoms with E-state index in [1.54, 1.807) is 6.08 Å². The normalized spacial score (nSPS) is 11.0. The molecule has 0 atom stereocenters. The number of benzene rings is 3. The fourth-order valence-corrected chi connectivity index (χ4v) is 4.03. The first-order valence-electron chi connectivity index (χ1n) is 10.8. The highest BCUT2D eigenvalue weighted by Gasteiger charge is 2.09. The van der Waals surface area contributed by atoms with Crippen molar-refractivity contribution >= 4 is 28.5 Å². The Morgan fingerprint density at radius 2 is 1.70 bits per heavy atom. The number of aromatic nitrogens is 1. The topological polar surface area (TPSA) is 51.2 Å². The van der Waals surface area contributed by atoms with Gasteiger partial charge < -0.3 is 4.74 Å². The molecule has 0 aliphatic carbocycles. The molecule has 166 valence electrons. The molecule has 1 amide bonds. The van der Waals surface area contributed by atoms with Crippen LogP contribution in [0.2, 0.25) is 0 Å². The largest absolute Gasteiger partial charge is 0.489 e. The Morgan fingerprint density at radius 1 is 0.970 bits per heavy atom. The molecule has 4 aromatic rings. The van der Waals surface area contributed by atoms with Crippen LogP contribution >= 0.6 is 11.3 Å². The molecule has 0 aliphatic heterocycles. The fraction of sp³-hybridized carbons (Fsp3) is 0.143. The molecular formula is C28H26N2O2S. The summed E-state index contributed by atoms with van der Waals surface area (Å²) in [4.78, 5) is 16.9. The molecule has 1 N–H and O–H groups in total. The van der Waals surface area contributed by atoms with E-state index in [1.807, 2.05) is 29.6 Å². The molecule has 0 saturated heterocycles. The van der Waals surface area contributed by atoms with E-state index in [2.05, 4.69) is 73.5 Å². The number of nitrogens with one attached hydrogen (secondary N) is 1. The Bertz CT molecular complexity index is 1270. The summed E-state index contributed by atoms with van der Waals surface area (Å²) in [5.41, 5.74) is 7.59. The number of hydrogen-bond donors (Lipinski definition) is 1. The van der Waals surface area contributed by atoms with Gasteiger partial charge in [0.05, 0.1) is 5.69 Å². The van der Waals surface area contributed by atoms with Crippen molar-refractivity contribution in [2.24, 2.45) is 0 Å². The average molecular weight is 455 g/mol. The molecule has 33 heavy (non-hydrogen) atoms. The van der Waals surface area contributed by atoms with Crippen molar-refractivity contribution in [2.75, 3.05) is 5.32 Å². The van der Waals surface area contributed by atoms with Gasteiger partial charge in [0.2, 0.25) is 5.91 Å². The summed E-state index contributed by atoms with van der Waals surface area (Å²) >= 11 is 1.42. The maximum atomic E-state index is 12.3. The van der Waals surface area contributed by atoms with E-state index in [1.165, 1.54) is 28.5 Å². The molecule has 0 aliphatic rings. The Labute approximate surface area is 198 Å². The molecular weight excluding hydrogens is 428 g/mol. The average Bonchev–Trinajstić information content (AvgIpc) is 3.27. The second-order valence-electron chi connectivity index (χ2n) is 8.02. The Kier molecular flexibility index (Phi) is 7.01. The van der Waals surface area contributed by atoms with Crippen molar-refractivity contribution in [3.63, 3.8) is 0 Å². The zero-order valence-electron chi connectivity index (χ0n) is 19.0. The van der Waals surface area contributed by atoms with E-state index in [0.717, 1.165) is 33.7 Å². The maximum absolute atomic E-state index is 12.3. The van der Waals surface area contributed by atoms with E-state index in [4.69, 9.17) is 4.74 Å². The number of carbonyl (C=O) groups excluding carboxylic acids is 1. The van der Waals surface area contributed by atoms with Crippen LogP contribution in [0.15, 0.2) is 78.2 Å². The van der Waals surface area contributed by atoms with Gasteiger partial charge in [-0.2, -0.15) is 0 Å². The Balaban J connectivity index is 1.32. The first-order chi connectivity index (χ1) is 16.0. The number of anilines is 1. The molecule has 0 saturated carbocycles. The van der Waals surface area contributed by atoms with Crippen LogP contribution in [0.1, 0.15) is 27.8 Å². The number of rotatable bonds is 7. The molecule has 0 fully saturated rings. The van der Waals surface area contributed by atoms with Gasteiger partial charge >= 0.3 is 0 Å². The number of hydrogen-bond acceptors (Lipinski definition) is 4. The van der Waals surface area contributed by atoms with Crippen LogP contribution in [-0.4, -0.2) is 10.9 Å². The molecule has 4 rings (SSSR count). The van der Waals surface area contributed by atoms with Gasteiger partial charge in [0, 0.05) is 17.0 Å². The van der Waals surface area contributed by atoms with Gasteiger partial charge in [-0.3, -0.25) is 10.1 Å². The van der Waals surface area contributed by atoms with Crippen molar-refractivity contribution in [3.05, 3.63) is 106 Å². The summed E-state index contributed by atoms with van der Waals surface area (Å²) < 4.78 is 5.84. The first kappa shape index (κ1) is 22.5. The molecule has 4 nitrogen and oxygen atoms in total. The second-order valence-corrected chi connectivity index (χ2v) is 8.88. The quantitative estimate of drug-likeness (QED) is 0.307. The van der Waals surface area contributed by atoms with E-state index in [-0.39, 0.29) is 5.91 Å². The number of aryl methyl sites for hydroxylation is 3. The predicted octanol–water partition coefficient (Wildman–Crippen LogP) is 6.97. The first-order valence-corrected chi connectivity index (χ1v) is 11.6. The highest BCUT2D eigenvalue weighted by molar-refractivity contribution is 7.14. The summed E-state index contributed by atoms with van der Waals surface area (Å²) in [6, 6.07) is 22.2. The summed E-state index contributed by atoms with van der Waals surface area (Å²) in [5.74, 6) is 0.579. The van der Waals surface area contributed by atoms with Gasteiger partial charge in [-0.15, -0.1) is 11.3 Å². The number of amides is 1. The van der Waals surface area contributed by atoms with E-state index in [9.17, 15) is 4.79 Å². The minimum absolute atomic E-state index is 0.212. The molecule has 0 bridgehead atoms. The number of ether oxygens (including phenoxy) is 1. The fourth-order valence-electron chi connectivity index (χ4n) is 3.31. The predicted molar refractivity (Wildman–Crippen MR) is 137 cm³/mol. The Hall–Kier alpha value is -3.70. The van der Waals surface area contributed by atoms with Crippen molar-refractivity contribution in [1.29, 1.82) is 0 Å². The molecule has 1 aromatic heterocycles. The van der Waals surface area contributed by atoms with Gasteiger partial charge in [0.25, 0.3) is 0 Å². The van der Waals surface area contributed by atoms with Crippen LogP contribution in [0, 0.1) is 20.8 Å². The summed E-state index contributed by atoms with van der Waals surface area (Å²) in [6.07, 6.45) is 3.29. The lowest BCUT2D eigenvalue weighted by Gasteiger charge is -2.07. The molecule has 5 heteroatoms. The number of thiazole rings is 1. The zero-order chi connectivity index (χ0) is 23.2. The van der Waals surface area contributed by atoms with E-state index >= 15 is 0 Å². The van der Waals surface area contributed by atoms with Gasteiger partial charge in [-0.05, 0) is 61.7 Å². The van der Waals surface area contributed by atoms with Crippen LogP contribution in [0.5, 0.6) is 5.75 Å². The SMILES string of the molecule is Cc1ccc(COc2ccc(C=CC(=O)Nc3nc(-c4cc(C)ccc4C)cs3)cc2)cc1. The van der Waals surface area contributed by atoms with Crippen molar-refractivity contribution in [3.8, 4) is 17.0 Å². The van der Waals surface area contributed by atoms with Crippen molar-refractivity contribution in [2.45, 2.75) is 27.4 Å². The minimum atomic E-state index is -0.212. The van der Waals surface area contributed by atoms with Crippen LogP contribution in [0.25, 0.3) is 17.3 Å². The lowest BCUT2D eigenvalue weighted by atomic mass is 10.0. The van der Waals surface area contributed by atoms with Crippen LogP contribution in [0.4, 0.5) is 5.13 Å². The monoisotopic (exact) mass is 454 g/mol. The van der Waals surface area contributed by atoms with E-state index in [0.29, 0.717) is 11.7 Å². The van der Waals surface area contributed by atoms with Crippen LogP contribution in [-0.2, 0) is 11.4 Å². The summed E-state index contributed by atoms with van der Waals surface area (Å²) in [6.45, 7) is 6.72. The Morgan fingerprint density at radius 3 is 2.45 bits per heavy atom. The lowest BCUT2D eigenvalue weighted by molar-refractivity contribution is -0.111. The maximum Gasteiger partial charge on any atom is 0.250 e. The third-order valence-corrected chi connectivity index (χ3v) is 5.99. The third-order valence-electron chi connectivity index (χ3n) is 5.24. The highest BCUT2D eigenvalue weighted by Crippen LogP contribution is 2.28. The smallest absolute Gasteiger partial charge is 0.250 e. The molecule has 0 radical (unpaired) electrons. The third kappa shape index (κ3) is 6.18. The van der Waals surface area contributed by atoms with Crippen LogP contribution < -0.4 is 10.1 Å².